The summed E-state index contributed by atoms with van der Waals surface area (Å²) in [7, 11) is 1.59. The number of fused-ring (bicyclic) bond motifs is 1. The van der Waals surface area contributed by atoms with E-state index < -0.39 is 17.6 Å². The molecule has 2 aromatic carbocycles. The molecule has 0 spiro atoms. The van der Waals surface area contributed by atoms with E-state index in [1.807, 2.05) is 6.92 Å². The molecule has 0 aliphatic carbocycles. The van der Waals surface area contributed by atoms with Crippen LogP contribution in [0.25, 0.3) is 0 Å². The second kappa shape index (κ2) is 11.4. The van der Waals surface area contributed by atoms with Gasteiger partial charge < -0.3 is 19.5 Å². The average Bonchev–Trinajstić information content (AvgIpc) is 3.54. The lowest BCUT2D eigenvalue weighted by atomic mass is 9.93. The molecule has 0 radical (unpaired) electrons. The molecule has 0 bridgehead atoms. The van der Waals surface area contributed by atoms with Crippen molar-refractivity contribution in [1.82, 2.24) is 14.7 Å². The van der Waals surface area contributed by atoms with E-state index in [0.29, 0.717) is 50.4 Å². The van der Waals surface area contributed by atoms with Gasteiger partial charge in [-0.2, -0.15) is 0 Å². The summed E-state index contributed by atoms with van der Waals surface area (Å²) in [5, 5.41) is 1.65. The molecular formula is C29H35ClFN5O4. The second-order valence-corrected chi connectivity index (χ2v) is 11.5. The molecule has 2 amide bonds. The Morgan fingerprint density at radius 2 is 1.77 bits per heavy atom. The normalized spacial score (nSPS) is 24.9. The second-order valence-electron chi connectivity index (χ2n) is 11.1. The maximum absolute atomic E-state index is 13.8. The van der Waals surface area contributed by atoms with E-state index in [9.17, 15) is 18.8 Å². The van der Waals surface area contributed by atoms with Crippen molar-refractivity contribution in [2.24, 2.45) is 5.84 Å². The maximum atomic E-state index is 13.8. The molecule has 0 aromatic heterocycles. The molecule has 4 atom stereocenters. The predicted octanol–water partition coefficient (Wildman–Crippen LogP) is 2.81. The summed E-state index contributed by atoms with van der Waals surface area (Å²) >= 11 is 6.60. The SMILES string of the molecule is CO[C@@H]1CCN(C(=O)C(=O)C2CN(N)c3cc(Cl)c(C(=O)N4C[C@H](C)N(Cc5ccc(F)cc5)C[C@H]4C)cc32)C1. The van der Waals surface area contributed by atoms with E-state index in [2.05, 4.69) is 11.8 Å². The van der Waals surface area contributed by atoms with Gasteiger partial charge in [-0.1, -0.05) is 23.7 Å². The fourth-order valence-corrected chi connectivity index (χ4v) is 6.22. The van der Waals surface area contributed by atoms with Crippen molar-refractivity contribution >= 4 is 34.9 Å². The number of hydrogen-bond acceptors (Lipinski definition) is 7. The zero-order valence-electron chi connectivity index (χ0n) is 23.0. The number of methoxy groups -OCH3 is 1. The van der Waals surface area contributed by atoms with Gasteiger partial charge >= 0.3 is 0 Å². The van der Waals surface area contributed by atoms with E-state index in [0.717, 1.165) is 5.56 Å². The summed E-state index contributed by atoms with van der Waals surface area (Å²) in [6, 6.07) is 9.64. The van der Waals surface area contributed by atoms with Crippen LogP contribution in [0.3, 0.4) is 0 Å². The minimum atomic E-state index is -0.790. The first-order chi connectivity index (χ1) is 19.1. The van der Waals surface area contributed by atoms with Crippen LogP contribution in [-0.2, 0) is 20.9 Å². The largest absolute Gasteiger partial charge is 0.380 e. The highest BCUT2D eigenvalue weighted by molar-refractivity contribution is 6.39. The van der Waals surface area contributed by atoms with Crippen molar-refractivity contribution < 1.29 is 23.5 Å². The van der Waals surface area contributed by atoms with Gasteiger partial charge in [-0.05, 0) is 55.7 Å². The van der Waals surface area contributed by atoms with Gasteiger partial charge in [0.25, 0.3) is 11.8 Å². The molecule has 1 unspecified atom stereocenters. The van der Waals surface area contributed by atoms with Crippen LogP contribution < -0.4 is 10.9 Å². The molecule has 9 nitrogen and oxygen atoms in total. The van der Waals surface area contributed by atoms with Gasteiger partial charge in [-0.25, -0.2) is 10.2 Å². The lowest BCUT2D eigenvalue weighted by molar-refractivity contribution is -0.144. The number of amides is 2. The van der Waals surface area contributed by atoms with Crippen LogP contribution in [0.1, 0.15) is 47.7 Å². The monoisotopic (exact) mass is 571 g/mol. The Morgan fingerprint density at radius 3 is 2.45 bits per heavy atom. The Bertz CT molecular complexity index is 1310. The molecule has 2 fully saturated rings. The number of nitrogens with zero attached hydrogens (tertiary/aromatic N) is 4. The third kappa shape index (κ3) is 5.45. The van der Waals surface area contributed by atoms with Crippen LogP contribution in [0.2, 0.25) is 5.02 Å². The molecule has 5 rings (SSSR count). The summed E-state index contributed by atoms with van der Waals surface area (Å²) in [6.45, 7) is 6.77. The van der Waals surface area contributed by atoms with Gasteiger partial charge in [0.1, 0.15) is 5.82 Å². The number of Topliss-reactive ketones (excluding diaryl/α,β-unsaturated/α-hetero) is 1. The topological polar surface area (TPSA) is 99.4 Å². The number of piperazine rings is 1. The van der Waals surface area contributed by atoms with Crippen molar-refractivity contribution in [3.63, 3.8) is 0 Å². The number of carbonyl (C=O) groups is 3. The summed E-state index contributed by atoms with van der Waals surface area (Å²) in [6.07, 6.45) is 0.601. The highest BCUT2D eigenvalue weighted by Crippen LogP contribution is 2.39. The van der Waals surface area contributed by atoms with Crippen LogP contribution in [0, 0.1) is 5.82 Å². The molecule has 2 aromatic rings. The van der Waals surface area contributed by atoms with Crippen molar-refractivity contribution in [3.8, 4) is 0 Å². The molecule has 2 saturated heterocycles. The predicted molar refractivity (Wildman–Crippen MR) is 149 cm³/mol. The highest BCUT2D eigenvalue weighted by atomic mass is 35.5. The van der Waals surface area contributed by atoms with E-state index in [1.54, 1.807) is 36.3 Å². The van der Waals surface area contributed by atoms with Crippen LogP contribution in [0.5, 0.6) is 0 Å². The summed E-state index contributed by atoms with van der Waals surface area (Å²) in [5.74, 6) is 3.79. The van der Waals surface area contributed by atoms with E-state index in [4.69, 9.17) is 22.2 Å². The van der Waals surface area contributed by atoms with Gasteiger partial charge in [-0.15, -0.1) is 0 Å². The van der Waals surface area contributed by atoms with Gasteiger partial charge in [0.15, 0.2) is 0 Å². The molecule has 214 valence electrons. The first-order valence-corrected chi connectivity index (χ1v) is 14.0. The zero-order chi connectivity index (χ0) is 28.7. The van der Waals surface area contributed by atoms with Crippen LogP contribution >= 0.6 is 11.6 Å². The molecule has 40 heavy (non-hydrogen) atoms. The Hall–Kier alpha value is -3.05. The lowest BCUT2D eigenvalue weighted by Gasteiger charge is -2.44. The summed E-state index contributed by atoms with van der Waals surface area (Å²) in [4.78, 5) is 45.8. The van der Waals surface area contributed by atoms with E-state index >= 15 is 0 Å². The third-order valence-corrected chi connectivity index (χ3v) is 8.69. The van der Waals surface area contributed by atoms with Gasteiger partial charge in [-0.3, -0.25) is 19.3 Å². The van der Waals surface area contributed by atoms with Crippen LogP contribution in [0.4, 0.5) is 10.1 Å². The fourth-order valence-electron chi connectivity index (χ4n) is 5.98. The number of ketones is 1. The number of rotatable bonds is 6. The zero-order valence-corrected chi connectivity index (χ0v) is 23.7. The summed E-state index contributed by atoms with van der Waals surface area (Å²) in [5.41, 5.74) is 2.36. The number of hydrazine groups is 1. The van der Waals surface area contributed by atoms with Gasteiger partial charge in [0.2, 0.25) is 5.78 Å². The summed E-state index contributed by atoms with van der Waals surface area (Å²) < 4.78 is 18.7. The van der Waals surface area contributed by atoms with Crippen LogP contribution in [0.15, 0.2) is 36.4 Å². The van der Waals surface area contributed by atoms with Crippen molar-refractivity contribution in [2.75, 3.05) is 44.8 Å². The van der Waals surface area contributed by atoms with Gasteiger partial charge in [0.05, 0.1) is 28.3 Å². The minimum Gasteiger partial charge on any atom is -0.380 e. The Kier molecular flexibility index (Phi) is 8.15. The first kappa shape index (κ1) is 28.5. The Balaban J connectivity index is 1.33. The number of carbonyl (C=O) groups excluding carboxylic acids is 3. The number of ether oxygens (including phenoxy) is 1. The molecular weight excluding hydrogens is 537 g/mol. The number of nitrogens with two attached hydrogens (primary N) is 1. The maximum Gasteiger partial charge on any atom is 0.290 e. The molecule has 3 heterocycles. The van der Waals surface area contributed by atoms with E-state index in [-0.39, 0.29) is 47.0 Å². The van der Waals surface area contributed by atoms with E-state index in [1.165, 1.54) is 22.0 Å². The van der Waals surface area contributed by atoms with Crippen molar-refractivity contribution in [1.29, 1.82) is 0 Å². The van der Waals surface area contributed by atoms with Crippen molar-refractivity contribution in [2.45, 2.75) is 50.9 Å². The Labute approximate surface area is 238 Å². The number of benzene rings is 2. The number of hydrogen-bond donors (Lipinski definition) is 1. The lowest BCUT2D eigenvalue weighted by Crippen LogP contribution is -2.57. The molecule has 0 saturated carbocycles. The fraction of sp³-hybridized carbons (Fsp3) is 0.483. The minimum absolute atomic E-state index is 0.0567. The molecule has 3 aliphatic heterocycles. The van der Waals surface area contributed by atoms with Gasteiger partial charge in [0, 0.05) is 58.5 Å². The van der Waals surface area contributed by atoms with Crippen LogP contribution in [-0.4, -0.2) is 90.3 Å². The quantitative estimate of drug-likeness (QED) is 0.420. The molecule has 2 N–H and O–H groups in total. The molecule has 11 heteroatoms. The first-order valence-electron chi connectivity index (χ1n) is 13.6. The highest BCUT2D eigenvalue weighted by Gasteiger charge is 2.41. The standard InChI is InChI=1S/C29H35ClFN5O4/c1-17-13-35(18(2)12-34(17)14-19-4-6-20(31)7-5-19)28(38)23-10-22-24(16-36(32)26(22)11-25(23)30)27(37)29(39)33-9-8-21(15-33)40-3/h4-7,10-11,17-18,21,24H,8-9,12-16,32H2,1-3H3/t17-,18+,21+,24?/m0/s1. The number of likely N-dealkylation sites (tertiary alicyclic amines) is 1. The number of halogens is 2. The number of anilines is 1. The molecule has 3 aliphatic rings. The average molecular weight is 572 g/mol. The third-order valence-electron chi connectivity index (χ3n) is 8.38. The Morgan fingerprint density at radius 1 is 1.05 bits per heavy atom. The smallest absolute Gasteiger partial charge is 0.290 e. The van der Waals surface area contributed by atoms with Crippen molar-refractivity contribution in [3.05, 3.63) is 63.9 Å².